The van der Waals surface area contributed by atoms with E-state index < -0.39 is 0 Å². The third-order valence-corrected chi connectivity index (χ3v) is 3.46. The number of carbonyl (C=O) groups is 1. The van der Waals surface area contributed by atoms with E-state index in [1.807, 2.05) is 26.8 Å². The van der Waals surface area contributed by atoms with Crippen LogP contribution in [0.4, 0.5) is 0 Å². The minimum Gasteiger partial charge on any atom is -0.352 e. The van der Waals surface area contributed by atoms with Gasteiger partial charge in [0.2, 0.25) is 5.91 Å². The maximum atomic E-state index is 12.1. The molecular formula is C16H26N2O. The molecule has 0 fully saturated rings. The second-order valence-electron chi connectivity index (χ2n) is 5.83. The van der Waals surface area contributed by atoms with Gasteiger partial charge in [-0.25, -0.2) is 0 Å². The van der Waals surface area contributed by atoms with Gasteiger partial charge in [-0.3, -0.25) is 4.79 Å². The van der Waals surface area contributed by atoms with E-state index >= 15 is 0 Å². The molecule has 19 heavy (non-hydrogen) atoms. The lowest BCUT2D eigenvalue weighted by molar-refractivity contribution is -0.130. The SMILES string of the molecule is C[C@@H](CN)NC(=O)C(C)(C)CCCc1ccccc1. The largest absolute Gasteiger partial charge is 0.352 e. The smallest absolute Gasteiger partial charge is 0.225 e. The number of aryl methyl sites for hydroxylation is 1. The average molecular weight is 262 g/mol. The summed E-state index contributed by atoms with van der Waals surface area (Å²) in [6, 6.07) is 10.4. The van der Waals surface area contributed by atoms with E-state index in [9.17, 15) is 4.79 Å². The summed E-state index contributed by atoms with van der Waals surface area (Å²) in [6.45, 7) is 6.40. The predicted molar refractivity (Wildman–Crippen MR) is 79.8 cm³/mol. The highest BCUT2D eigenvalue weighted by molar-refractivity contribution is 5.82. The first-order valence-electron chi connectivity index (χ1n) is 7.00. The Hall–Kier alpha value is -1.35. The fourth-order valence-electron chi connectivity index (χ4n) is 1.97. The van der Waals surface area contributed by atoms with Crippen molar-refractivity contribution in [2.24, 2.45) is 11.1 Å². The van der Waals surface area contributed by atoms with Crippen molar-refractivity contribution in [2.75, 3.05) is 6.54 Å². The highest BCUT2D eigenvalue weighted by atomic mass is 16.2. The number of benzene rings is 1. The number of hydrogen-bond donors (Lipinski definition) is 2. The van der Waals surface area contributed by atoms with Crippen LogP contribution in [0.5, 0.6) is 0 Å². The summed E-state index contributed by atoms with van der Waals surface area (Å²) in [6.07, 6.45) is 2.91. The Morgan fingerprint density at radius 2 is 1.95 bits per heavy atom. The number of amides is 1. The van der Waals surface area contributed by atoms with Crippen molar-refractivity contribution in [1.82, 2.24) is 5.32 Å². The number of nitrogens with one attached hydrogen (secondary N) is 1. The van der Waals surface area contributed by atoms with Crippen molar-refractivity contribution in [3.05, 3.63) is 35.9 Å². The normalized spacial score (nSPS) is 13.1. The maximum absolute atomic E-state index is 12.1. The molecule has 3 heteroatoms. The number of hydrogen-bond acceptors (Lipinski definition) is 2. The van der Waals surface area contributed by atoms with Crippen LogP contribution in [0.25, 0.3) is 0 Å². The van der Waals surface area contributed by atoms with Crippen LogP contribution in [0, 0.1) is 5.41 Å². The second-order valence-corrected chi connectivity index (χ2v) is 5.83. The molecular weight excluding hydrogens is 236 g/mol. The van der Waals surface area contributed by atoms with Gasteiger partial charge in [0.05, 0.1) is 0 Å². The summed E-state index contributed by atoms with van der Waals surface area (Å²) in [5.74, 6) is 0.0958. The Balaban J connectivity index is 2.40. The molecule has 1 aromatic carbocycles. The van der Waals surface area contributed by atoms with Crippen molar-refractivity contribution in [3.63, 3.8) is 0 Å². The number of rotatable bonds is 7. The number of carbonyl (C=O) groups excluding carboxylic acids is 1. The van der Waals surface area contributed by atoms with Crippen molar-refractivity contribution >= 4 is 5.91 Å². The van der Waals surface area contributed by atoms with Crippen molar-refractivity contribution in [2.45, 2.75) is 46.1 Å². The fourth-order valence-corrected chi connectivity index (χ4v) is 1.97. The molecule has 0 aliphatic rings. The van der Waals surface area contributed by atoms with Crippen molar-refractivity contribution < 1.29 is 4.79 Å². The first-order chi connectivity index (χ1) is 8.95. The van der Waals surface area contributed by atoms with E-state index in [4.69, 9.17) is 5.73 Å². The quantitative estimate of drug-likeness (QED) is 0.793. The van der Waals surface area contributed by atoms with Gasteiger partial charge in [-0.2, -0.15) is 0 Å². The lowest BCUT2D eigenvalue weighted by Gasteiger charge is -2.25. The highest BCUT2D eigenvalue weighted by Crippen LogP contribution is 2.24. The number of nitrogens with two attached hydrogens (primary N) is 1. The zero-order valence-corrected chi connectivity index (χ0v) is 12.3. The van der Waals surface area contributed by atoms with E-state index in [0.717, 1.165) is 19.3 Å². The summed E-state index contributed by atoms with van der Waals surface area (Å²) in [7, 11) is 0. The van der Waals surface area contributed by atoms with E-state index in [0.29, 0.717) is 6.54 Å². The van der Waals surface area contributed by atoms with E-state index in [1.165, 1.54) is 5.56 Å². The third-order valence-electron chi connectivity index (χ3n) is 3.46. The Morgan fingerprint density at radius 1 is 1.32 bits per heavy atom. The molecule has 0 saturated carbocycles. The van der Waals surface area contributed by atoms with Gasteiger partial charge in [-0.1, -0.05) is 44.2 Å². The van der Waals surface area contributed by atoms with Crippen LogP contribution in [0.2, 0.25) is 0 Å². The molecule has 1 rings (SSSR count). The monoisotopic (exact) mass is 262 g/mol. The molecule has 1 atom stereocenters. The van der Waals surface area contributed by atoms with Gasteiger partial charge in [-0.15, -0.1) is 0 Å². The fraction of sp³-hybridized carbons (Fsp3) is 0.562. The molecule has 0 saturated heterocycles. The minimum atomic E-state index is -0.335. The highest BCUT2D eigenvalue weighted by Gasteiger charge is 2.27. The van der Waals surface area contributed by atoms with Gasteiger partial charge in [0.25, 0.3) is 0 Å². The Kier molecular flexibility index (Phi) is 6.03. The lowest BCUT2D eigenvalue weighted by atomic mass is 9.85. The van der Waals surface area contributed by atoms with Gasteiger partial charge in [0.15, 0.2) is 0 Å². The van der Waals surface area contributed by atoms with Gasteiger partial charge < -0.3 is 11.1 Å². The second kappa shape index (κ2) is 7.29. The first-order valence-corrected chi connectivity index (χ1v) is 7.00. The van der Waals surface area contributed by atoms with Crippen molar-refractivity contribution in [1.29, 1.82) is 0 Å². The summed E-state index contributed by atoms with van der Waals surface area (Å²) in [4.78, 5) is 12.1. The Labute approximate surface area is 116 Å². The van der Waals surface area contributed by atoms with E-state index in [2.05, 4.69) is 29.6 Å². The van der Waals surface area contributed by atoms with Crippen LogP contribution in [-0.4, -0.2) is 18.5 Å². The molecule has 0 bridgehead atoms. The van der Waals surface area contributed by atoms with Gasteiger partial charge in [0, 0.05) is 18.0 Å². The summed E-state index contributed by atoms with van der Waals surface area (Å²) in [5.41, 5.74) is 6.52. The molecule has 106 valence electrons. The topological polar surface area (TPSA) is 55.1 Å². The minimum absolute atomic E-state index is 0.0425. The van der Waals surface area contributed by atoms with Crippen LogP contribution in [-0.2, 0) is 11.2 Å². The summed E-state index contributed by atoms with van der Waals surface area (Å²) < 4.78 is 0. The zero-order chi connectivity index (χ0) is 14.3. The van der Waals surface area contributed by atoms with Crippen LogP contribution < -0.4 is 11.1 Å². The molecule has 0 spiro atoms. The Bertz CT molecular complexity index is 387. The molecule has 0 aromatic heterocycles. The lowest BCUT2D eigenvalue weighted by Crippen LogP contribution is -2.44. The maximum Gasteiger partial charge on any atom is 0.225 e. The first kappa shape index (κ1) is 15.7. The molecule has 0 aliphatic carbocycles. The van der Waals surface area contributed by atoms with Gasteiger partial charge >= 0.3 is 0 Å². The standard InChI is InChI=1S/C16H26N2O/c1-13(12-17)18-15(19)16(2,3)11-7-10-14-8-5-4-6-9-14/h4-6,8-9,13H,7,10-12,17H2,1-3H3,(H,18,19)/t13-/m0/s1. The van der Waals surface area contributed by atoms with Crippen LogP contribution in [0.3, 0.4) is 0 Å². The predicted octanol–water partition coefficient (Wildman–Crippen LogP) is 2.50. The summed E-state index contributed by atoms with van der Waals surface area (Å²) >= 11 is 0. The van der Waals surface area contributed by atoms with Crippen LogP contribution >= 0.6 is 0 Å². The molecule has 1 aromatic rings. The summed E-state index contributed by atoms with van der Waals surface area (Å²) in [5, 5.41) is 2.95. The van der Waals surface area contributed by atoms with E-state index in [-0.39, 0.29) is 17.4 Å². The van der Waals surface area contributed by atoms with Crippen molar-refractivity contribution in [3.8, 4) is 0 Å². The van der Waals surface area contributed by atoms with E-state index in [1.54, 1.807) is 0 Å². The molecule has 0 heterocycles. The van der Waals surface area contributed by atoms with Crippen LogP contribution in [0.1, 0.15) is 39.2 Å². The molecule has 1 amide bonds. The molecule has 3 nitrogen and oxygen atoms in total. The molecule has 3 N–H and O–H groups in total. The van der Waals surface area contributed by atoms with Gasteiger partial charge in [0.1, 0.15) is 0 Å². The zero-order valence-electron chi connectivity index (χ0n) is 12.3. The molecule has 0 aliphatic heterocycles. The third kappa shape index (κ3) is 5.43. The molecule has 0 radical (unpaired) electrons. The average Bonchev–Trinajstić information content (AvgIpc) is 2.39. The van der Waals surface area contributed by atoms with Gasteiger partial charge in [-0.05, 0) is 31.7 Å². The Morgan fingerprint density at radius 3 is 2.53 bits per heavy atom. The van der Waals surface area contributed by atoms with Crippen LogP contribution in [0.15, 0.2) is 30.3 Å². The molecule has 0 unspecified atom stereocenters.